The molecule has 0 atom stereocenters. The van der Waals surface area contributed by atoms with Gasteiger partial charge in [-0.2, -0.15) is 0 Å². The summed E-state index contributed by atoms with van der Waals surface area (Å²) < 4.78 is 46.9. The van der Waals surface area contributed by atoms with E-state index in [-0.39, 0.29) is 10.2 Å². The maximum absolute atomic E-state index is 12.5. The maximum Gasteiger partial charge on any atom is 0.265 e. The molecule has 4 nitrogen and oxygen atoms in total. The highest BCUT2D eigenvalue weighted by Crippen LogP contribution is 2.30. The second-order valence-corrected chi connectivity index (χ2v) is 5.10. The third-order valence-electron chi connectivity index (χ3n) is 1.65. The van der Waals surface area contributed by atoms with Crippen LogP contribution in [0.3, 0.4) is 0 Å². The molecule has 1 aromatic heterocycles. The van der Waals surface area contributed by atoms with E-state index in [0.717, 1.165) is 6.07 Å². The maximum atomic E-state index is 12.5. The molecule has 0 aliphatic carbocycles. The molecule has 0 aliphatic rings. The van der Waals surface area contributed by atoms with Crippen LogP contribution < -0.4 is 5.14 Å². The van der Waals surface area contributed by atoms with Crippen molar-refractivity contribution in [3.8, 4) is 0 Å². The van der Waals surface area contributed by atoms with Gasteiger partial charge in [-0.1, -0.05) is 0 Å². The number of hydrogen-bond donors (Lipinski definition) is 1. The first-order chi connectivity index (χ1) is 6.73. The van der Waals surface area contributed by atoms with Crippen LogP contribution in [0, 0.1) is 6.92 Å². The van der Waals surface area contributed by atoms with E-state index in [1.165, 1.54) is 6.92 Å². The molecular weight excluding hydrogens is 294 g/mol. The number of halogens is 3. The van der Waals surface area contributed by atoms with E-state index in [0.29, 0.717) is 0 Å². The summed E-state index contributed by atoms with van der Waals surface area (Å²) in [5.41, 5.74) is -0.289. The number of aryl methyl sites for hydroxylation is 1. The van der Waals surface area contributed by atoms with Crippen LogP contribution in [0.1, 0.15) is 17.7 Å². The van der Waals surface area contributed by atoms with Gasteiger partial charge in [-0.05, 0) is 28.9 Å². The topological polar surface area (TPSA) is 73.0 Å². The summed E-state index contributed by atoms with van der Waals surface area (Å²) in [6.45, 7) is 1.41. The third kappa shape index (κ3) is 2.70. The molecule has 0 unspecified atom stereocenters. The minimum absolute atomic E-state index is 0.0879. The fraction of sp³-hybridized carbons (Fsp3) is 0.286. The third-order valence-corrected chi connectivity index (χ3v) is 3.48. The number of sulfonamides is 1. The molecule has 8 heteroatoms. The lowest BCUT2D eigenvalue weighted by atomic mass is 10.2. The molecule has 0 bridgehead atoms. The highest BCUT2D eigenvalue weighted by Gasteiger charge is 2.19. The average molecular weight is 301 g/mol. The lowest BCUT2D eigenvalue weighted by molar-refractivity contribution is 0.150. The van der Waals surface area contributed by atoms with E-state index in [4.69, 9.17) is 5.14 Å². The van der Waals surface area contributed by atoms with Gasteiger partial charge in [-0.25, -0.2) is 27.3 Å². The number of hydrogen-bond acceptors (Lipinski definition) is 3. The monoisotopic (exact) mass is 300 g/mol. The second-order valence-electron chi connectivity index (χ2n) is 2.79. The zero-order valence-corrected chi connectivity index (χ0v) is 9.94. The van der Waals surface area contributed by atoms with Crippen LogP contribution in [0.4, 0.5) is 8.78 Å². The van der Waals surface area contributed by atoms with E-state index in [9.17, 15) is 17.2 Å². The minimum Gasteiger partial charge on any atom is -0.239 e. The Labute approximate surface area is 93.7 Å². The number of nitrogens with two attached hydrogens (primary N) is 1. The molecular formula is C7H7BrF2N2O2S. The molecule has 0 radical (unpaired) electrons. The van der Waals surface area contributed by atoms with Crippen LogP contribution in [0.25, 0.3) is 0 Å². The molecule has 0 fully saturated rings. The standard InChI is InChI=1S/C7H7BrF2N2O2S/c1-3-6(8)4(7(9)10)2-5(12-3)15(11,13)14/h2,7H,1H3,(H2,11,13,14). The summed E-state index contributed by atoms with van der Waals surface area (Å²) in [6.07, 6.45) is -2.79. The zero-order chi connectivity index (χ0) is 11.8. The van der Waals surface area contributed by atoms with Gasteiger partial charge < -0.3 is 0 Å². The van der Waals surface area contributed by atoms with E-state index >= 15 is 0 Å². The summed E-state index contributed by atoms with van der Waals surface area (Å²) >= 11 is 2.90. The number of pyridine rings is 1. The summed E-state index contributed by atoms with van der Waals surface area (Å²) in [5.74, 6) is 0. The van der Waals surface area contributed by atoms with Gasteiger partial charge in [0.15, 0.2) is 5.03 Å². The predicted octanol–water partition coefficient (Wildman–Crippen LogP) is 1.74. The first kappa shape index (κ1) is 12.5. The molecule has 2 N–H and O–H groups in total. The number of aromatic nitrogens is 1. The second kappa shape index (κ2) is 4.11. The van der Waals surface area contributed by atoms with Gasteiger partial charge in [0, 0.05) is 10.0 Å². The molecule has 0 aliphatic heterocycles. The lowest BCUT2D eigenvalue weighted by Crippen LogP contribution is -2.15. The van der Waals surface area contributed by atoms with Crippen LogP contribution in [-0.2, 0) is 10.0 Å². The van der Waals surface area contributed by atoms with Crippen LogP contribution in [0.15, 0.2) is 15.6 Å². The average Bonchev–Trinajstić information content (AvgIpc) is 2.06. The molecule has 1 rings (SSSR count). The Bertz CT molecular complexity index is 490. The van der Waals surface area contributed by atoms with E-state index in [1.54, 1.807) is 0 Å². The lowest BCUT2D eigenvalue weighted by Gasteiger charge is -2.07. The van der Waals surface area contributed by atoms with Crippen LogP contribution in [-0.4, -0.2) is 13.4 Å². The van der Waals surface area contributed by atoms with Crippen molar-refractivity contribution >= 4 is 26.0 Å². The Kier molecular flexibility index (Phi) is 3.41. The summed E-state index contributed by atoms with van der Waals surface area (Å²) in [7, 11) is -4.06. The first-order valence-electron chi connectivity index (χ1n) is 3.71. The Morgan fingerprint density at radius 3 is 2.47 bits per heavy atom. The number of alkyl halides is 2. The number of nitrogens with zero attached hydrogens (tertiary/aromatic N) is 1. The quantitative estimate of drug-likeness (QED) is 0.904. The molecule has 0 saturated carbocycles. The van der Waals surface area contributed by atoms with Gasteiger partial charge in [0.05, 0.1) is 5.69 Å². The largest absolute Gasteiger partial charge is 0.265 e. The summed E-state index contributed by atoms with van der Waals surface area (Å²) in [5, 5.41) is 4.24. The summed E-state index contributed by atoms with van der Waals surface area (Å²) in [4.78, 5) is 3.59. The highest BCUT2D eigenvalue weighted by atomic mass is 79.9. The molecule has 0 amide bonds. The van der Waals surface area contributed by atoms with Gasteiger partial charge in [0.2, 0.25) is 0 Å². The molecule has 15 heavy (non-hydrogen) atoms. The Hall–Kier alpha value is -0.600. The van der Waals surface area contributed by atoms with Gasteiger partial charge >= 0.3 is 0 Å². The number of rotatable bonds is 2. The van der Waals surface area contributed by atoms with Crippen molar-refractivity contribution in [3.63, 3.8) is 0 Å². The molecule has 0 aromatic carbocycles. The van der Waals surface area contributed by atoms with Gasteiger partial charge in [-0.15, -0.1) is 0 Å². The molecule has 1 heterocycles. The van der Waals surface area contributed by atoms with Gasteiger partial charge in [0.25, 0.3) is 16.4 Å². The van der Waals surface area contributed by atoms with Crippen molar-refractivity contribution in [1.82, 2.24) is 4.98 Å². The smallest absolute Gasteiger partial charge is 0.239 e. The molecule has 84 valence electrons. The van der Waals surface area contributed by atoms with Gasteiger partial charge in [-0.3, -0.25) is 0 Å². The Morgan fingerprint density at radius 2 is 2.07 bits per heavy atom. The highest BCUT2D eigenvalue weighted by molar-refractivity contribution is 9.10. The predicted molar refractivity (Wildman–Crippen MR) is 53.0 cm³/mol. The van der Waals surface area contributed by atoms with Crippen molar-refractivity contribution < 1.29 is 17.2 Å². The van der Waals surface area contributed by atoms with Crippen molar-refractivity contribution in [1.29, 1.82) is 0 Å². The summed E-state index contributed by atoms with van der Waals surface area (Å²) in [6, 6.07) is 0.761. The van der Waals surface area contributed by atoms with E-state index < -0.39 is 27.0 Å². The zero-order valence-electron chi connectivity index (χ0n) is 7.54. The van der Waals surface area contributed by atoms with E-state index in [1.807, 2.05) is 0 Å². The fourth-order valence-corrected chi connectivity index (χ4v) is 1.89. The molecule has 1 aromatic rings. The van der Waals surface area contributed by atoms with Crippen molar-refractivity contribution in [2.24, 2.45) is 5.14 Å². The van der Waals surface area contributed by atoms with Crippen molar-refractivity contribution in [2.45, 2.75) is 18.4 Å². The number of primary sulfonamides is 1. The normalized spacial score (nSPS) is 12.1. The van der Waals surface area contributed by atoms with E-state index in [2.05, 4.69) is 20.9 Å². The molecule has 0 saturated heterocycles. The SMILES string of the molecule is Cc1nc(S(N)(=O)=O)cc(C(F)F)c1Br. The first-order valence-corrected chi connectivity index (χ1v) is 6.05. The van der Waals surface area contributed by atoms with Gasteiger partial charge in [0.1, 0.15) is 0 Å². The van der Waals surface area contributed by atoms with Crippen molar-refractivity contribution in [3.05, 3.63) is 21.8 Å². The van der Waals surface area contributed by atoms with Crippen LogP contribution in [0.5, 0.6) is 0 Å². The fourth-order valence-electron chi connectivity index (χ4n) is 0.956. The minimum atomic E-state index is -4.06. The Balaban J connectivity index is 3.50. The van der Waals surface area contributed by atoms with Crippen LogP contribution in [0.2, 0.25) is 0 Å². The van der Waals surface area contributed by atoms with Crippen molar-refractivity contribution in [2.75, 3.05) is 0 Å². The van der Waals surface area contributed by atoms with Crippen LogP contribution >= 0.6 is 15.9 Å². The Morgan fingerprint density at radius 1 is 1.53 bits per heavy atom. The molecule has 0 spiro atoms.